The Morgan fingerprint density at radius 2 is 1.81 bits per heavy atom. The molecule has 0 aliphatic heterocycles. The second-order valence-corrected chi connectivity index (χ2v) is 4.67. The molecule has 0 atom stereocenters. The predicted molar refractivity (Wildman–Crippen MR) is 58.1 cm³/mol. The molecule has 0 saturated heterocycles. The van der Waals surface area contributed by atoms with Crippen LogP contribution in [0.15, 0.2) is 18.2 Å². The lowest BCUT2D eigenvalue weighted by Crippen LogP contribution is -2.34. The van der Waals surface area contributed by atoms with Crippen molar-refractivity contribution in [1.82, 2.24) is 0 Å². The Kier molecular flexibility index (Phi) is 3.24. The van der Waals surface area contributed by atoms with Crippen LogP contribution in [-0.2, 0) is 6.42 Å². The molecule has 0 amide bonds. The van der Waals surface area contributed by atoms with E-state index in [9.17, 15) is 13.9 Å². The Morgan fingerprint density at radius 1 is 1.12 bits per heavy atom. The van der Waals surface area contributed by atoms with Crippen LogP contribution in [0.25, 0.3) is 0 Å². The molecule has 1 aliphatic rings. The number of benzene rings is 1. The fourth-order valence-electron chi connectivity index (χ4n) is 2.43. The molecule has 1 aliphatic carbocycles. The van der Waals surface area contributed by atoms with Gasteiger partial charge in [0.2, 0.25) is 0 Å². The Bertz CT molecular complexity index is 370. The van der Waals surface area contributed by atoms with Crippen molar-refractivity contribution >= 4 is 0 Å². The van der Waals surface area contributed by atoms with Crippen molar-refractivity contribution in [2.75, 3.05) is 0 Å². The maximum atomic E-state index is 13.4. The van der Waals surface area contributed by atoms with E-state index in [4.69, 9.17) is 0 Å². The first kappa shape index (κ1) is 11.5. The lowest BCUT2D eigenvalue weighted by molar-refractivity contribution is 0.00369. The summed E-state index contributed by atoms with van der Waals surface area (Å²) in [5.41, 5.74) is -0.559. The zero-order chi connectivity index (χ0) is 11.6. The van der Waals surface area contributed by atoms with Crippen LogP contribution in [-0.4, -0.2) is 10.7 Å². The van der Waals surface area contributed by atoms with Crippen LogP contribution in [0.3, 0.4) is 0 Å². The minimum atomic E-state index is -0.840. The molecule has 0 aromatic heterocycles. The third-order valence-corrected chi connectivity index (χ3v) is 3.34. The molecule has 0 bridgehead atoms. The molecule has 88 valence electrons. The lowest BCUT2D eigenvalue weighted by atomic mass is 9.80. The van der Waals surface area contributed by atoms with Crippen molar-refractivity contribution < 1.29 is 13.9 Å². The van der Waals surface area contributed by atoms with E-state index in [1.54, 1.807) is 6.07 Å². The van der Waals surface area contributed by atoms with Crippen LogP contribution in [0, 0.1) is 11.6 Å². The molecular formula is C13H16F2O. The van der Waals surface area contributed by atoms with Gasteiger partial charge in [-0.15, -0.1) is 0 Å². The number of hydrogen-bond donors (Lipinski definition) is 1. The van der Waals surface area contributed by atoms with Crippen LogP contribution >= 0.6 is 0 Å². The van der Waals surface area contributed by atoms with Gasteiger partial charge >= 0.3 is 0 Å². The first-order valence-electron chi connectivity index (χ1n) is 5.76. The molecule has 1 aromatic carbocycles. The van der Waals surface area contributed by atoms with Crippen LogP contribution in [0.2, 0.25) is 0 Å². The van der Waals surface area contributed by atoms with Crippen LogP contribution < -0.4 is 0 Å². The molecule has 1 aromatic rings. The summed E-state index contributed by atoms with van der Waals surface area (Å²) in [6, 6.07) is 4.13. The van der Waals surface area contributed by atoms with Gasteiger partial charge in [-0.3, -0.25) is 0 Å². The highest BCUT2D eigenvalue weighted by Crippen LogP contribution is 2.31. The number of halogens is 2. The zero-order valence-corrected chi connectivity index (χ0v) is 9.18. The third-order valence-electron chi connectivity index (χ3n) is 3.34. The number of rotatable bonds is 2. The highest BCUT2D eigenvalue weighted by molar-refractivity contribution is 5.21. The minimum absolute atomic E-state index is 0.219. The van der Waals surface area contributed by atoms with Crippen molar-refractivity contribution in [3.05, 3.63) is 35.4 Å². The first-order valence-corrected chi connectivity index (χ1v) is 5.76. The Balaban J connectivity index is 2.16. The van der Waals surface area contributed by atoms with E-state index < -0.39 is 17.2 Å². The van der Waals surface area contributed by atoms with Crippen LogP contribution in [0.4, 0.5) is 8.78 Å². The molecule has 0 radical (unpaired) electrons. The SMILES string of the molecule is OC1(Cc2cccc(F)c2F)CCCCC1. The van der Waals surface area contributed by atoms with Crippen molar-refractivity contribution in [3.63, 3.8) is 0 Å². The van der Waals surface area contributed by atoms with Gasteiger partial charge in [0, 0.05) is 6.42 Å². The normalized spacial score (nSPS) is 19.7. The quantitative estimate of drug-likeness (QED) is 0.821. The summed E-state index contributed by atoms with van der Waals surface area (Å²) in [6.45, 7) is 0. The molecule has 1 nitrogen and oxygen atoms in total. The molecule has 1 fully saturated rings. The summed E-state index contributed by atoms with van der Waals surface area (Å²) in [5, 5.41) is 10.3. The molecule has 1 saturated carbocycles. The zero-order valence-electron chi connectivity index (χ0n) is 9.18. The fourth-order valence-corrected chi connectivity index (χ4v) is 2.43. The van der Waals surface area contributed by atoms with Gasteiger partial charge in [-0.1, -0.05) is 31.4 Å². The maximum Gasteiger partial charge on any atom is 0.162 e. The van der Waals surface area contributed by atoms with Gasteiger partial charge < -0.3 is 5.11 Å². The lowest BCUT2D eigenvalue weighted by Gasteiger charge is -2.32. The summed E-state index contributed by atoms with van der Waals surface area (Å²) >= 11 is 0. The molecule has 0 unspecified atom stereocenters. The van der Waals surface area contributed by atoms with E-state index in [0.717, 1.165) is 25.3 Å². The first-order chi connectivity index (χ1) is 7.61. The highest BCUT2D eigenvalue weighted by atomic mass is 19.2. The molecule has 2 rings (SSSR count). The Hall–Kier alpha value is -0.960. The Labute approximate surface area is 94.1 Å². The number of hydrogen-bond acceptors (Lipinski definition) is 1. The van der Waals surface area contributed by atoms with Gasteiger partial charge in [-0.2, -0.15) is 0 Å². The summed E-state index contributed by atoms with van der Waals surface area (Å²) in [7, 11) is 0. The van der Waals surface area contributed by atoms with Crippen molar-refractivity contribution in [2.45, 2.75) is 44.1 Å². The average Bonchev–Trinajstić information content (AvgIpc) is 2.26. The van der Waals surface area contributed by atoms with E-state index in [-0.39, 0.29) is 12.0 Å². The molecule has 0 heterocycles. The predicted octanol–water partition coefficient (Wildman–Crippen LogP) is 3.20. The van der Waals surface area contributed by atoms with Gasteiger partial charge in [-0.25, -0.2) is 8.78 Å². The standard InChI is InChI=1S/C13H16F2O/c14-11-6-4-5-10(12(11)15)9-13(16)7-2-1-3-8-13/h4-6,16H,1-3,7-9H2. The summed E-state index contributed by atoms with van der Waals surface area (Å²) in [5.74, 6) is -1.65. The third kappa shape index (κ3) is 2.40. The summed E-state index contributed by atoms with van der Waals surface area (Å²) in [4.78, 5) is 0. The minimum Gasteiger partial charge on any atom is -0.390 e. The molecule has 0 spiro atoms. The monoisotopic (exact) mass is 226 g/mol. The second kappa shape index (κ2) is 4.50. The summed E-state index contributed by atoms with van der Waals surface area (Å²) < 4.78 is 26.4. The van der Waals surface area contributed by atoms with E-state index in [1.807, 2.05) is 0 Å². The van der Waals surface area contributed by atoms with Crippen LogP contribution in [0.1, 0.15) is 37.7 Å². The number of aliphatic hydroxyl groups is 1. The maximum absolute atomic E-state index is 13.4. The van der Waals surface area contributed by atoms with Crippen molar-refractivity contribution in [1.29, 1.82) is 0 Å². The fraction of sp³-hybridized carbons (Fsp3) is 0.538. The van der Waals surface area contributed by atoms with Crippen LogP contribution in [0.5, 0.6) is 0 Å². The van der Waals surface area contributed by atoms with Gasteiger partial charge in [0.25, 0.3) is 0 Å². The van der Waals surface area contributed by atoms with E-state index in [2.05, 4.69) is 0 Å². The van der Waals surface area contributed by atoms with E-state index in [0.29, 0.717) is 12.8 Å². The topological polar surface area (TPSA) is 20.2 Å². The Morgan fingerprint density at radius 3 is 2.50 bits per heavy atom. The second-order valence-electron chi connectivity index (χ2n) is 4.67. The average molecular weight is 226 g/mol. The summed E-state index contributed by atoms with van der Waals surface area (Å²) in [6.07, 6.45) is 4.64. The van der Waals surface area contributed by atoms with Gasteiger partial charge in [-0.05, 0) is 24.5 Å². The molecule has 16 heavy (non-hydrogen) atoms. The van der Waals surface area contributed by atoms with Gasteiger partial charge in [0.05, 0.1) is 5.60 Å². The largest absolute Gasteiger partial charge is 0.390 e. The molecule has 1 N–H and O–H groups in total. The van der Waals surface area contributed by atoms with E-state index in [1.165, 1.54) is 6.07 Å². The van der Waals surface area contributed by atoms with Crippen molar-refractivity contribution in [3.8, 4) is 0 Å². The smallest absolute Gasteiger partial charge is 0.162 e. The molecule has 3 heteroatoms. The van der Waals surface area contributed by atoms with Gasteiger partial charge in [0.1, 0.15) is 0 Å². The van der Waals surface area contributed by atoms with Gasteiger partial charge in [0.15, 0.2) is 11.6 Å². The van der Waals surface area contributed by atoms with Crippen molar-refractivity contribution in [2.24, 2.45) is 0 Å². The highest BCUT2D eigenvalue weighted by Gasteiger charge is 2.30. The van der Waals surface area contributed by atoms with E-state index >= 15 is 0 Å². The molecular weight excluding hydrogens is 210 g/mol.